The van der Waals surface area contributed by atoms with E-state index in [0.29, 0.717) is 17.7 Å². The summed E-state index contributed by atoms with van der Waals surface area (Å²) in [5, 5.41) is 3.29. The van der Waals surface area contributed by atoms with Crippen molar-refractivity contribution >= 4 is 11.6 Å². The molecule has 2 aliphatic heterocycles. The Morgan fingerprint density at radius 3 is 2.74 bits per heavy atom. The van der Waals surface area contributed by atoms with Crippen LogP contribution in [0.5, 0.6) is 0 Å². The first kappa shape index (κ1) is 13.8. The van der Waals surface area contributed by atoms with Crippen LogP contribution in [0.15, 0.2) is 33.9 Å². The number of carbonyl (C=O) groups excluding carboxylic acids is 1. The quantitative estimate of drug-likeness (QED) is 0.707. The zero-order valence-electron chi connectivity index (χ0n) is 12.6. The van der Waals surface area contributed by atoms with Gasteiger partial charge in [0.1, 0.15) is 5.54 Å². The van der Waals surface area contributed by atoms with E-state index in [2.05, 4.69) is 15.3 Å². The average Bonchev–Trinajstić information content (AvgIpc) is 3.07. The van der Waals surface area contributed by atoms with Crippen LogP contribution < -0.4 is 16.6 Å². The second kappa shape index (κ2) is 4.58. The van der Waals surface area contributed by atoms with Gasteiger partial charge in [-0.05, 0) is 18.6 Å². The highest BCUT2D eigenvalue weighted by atomic mass is 16.2. The highest BCUT2D eigenvalue weighted by molar-refractivity contribution is 5.92. The molecule has 23 heavy (non-hydrogen) atoms. The third-order valence-corrected chi connectivity index (χ3v) is 4.56. The number of anilines is 1. The van der Waals surface area contributed by atoms with Gasteiger partial charge in [0.25, 0.3) is 5.56 Å². The summed E-state index contributed by atoms with van der Waals surface area (Å²) >= 11 is 0. The number of aromatic amines is 2. The van der Waals surface area contributed by atoms with Crippen LogP contribution in [-0.4, -0.2) is 26.3 Å². The summed E-state index contributed by atoms with van der Waals surface area (Å²) in [5.41, 5.74) is 1.34. The van der Waals surface area contributed by atoms with Crippen molar-refractivity contribution in [3.05, 3.63) is 61.9 Å². The molecule has 1 aromatic heterocycles. The molecule has 1 aromatic carbocycles. The highest BCUT2D eigenvalue weighted by Gasteiger charge is 2.43. The molecule has 0 fully saturated rings. The molecule has 1 amide bonds. The molecule has 1 atom stereocenters. The smallest absolute Gasteiger partial charge is 0.325 e. The summed E-state index contributed by atoms with van der Waals surface area (Å²) in [4.78, 5) is 42.6. The van der Waals surface area contributed by atoms with Gasteiger partial charge in [0, 0.05) is 17.8 Å². The summed E-state index contributed by atoms with van der Waals surface area (Å²) in [6.07, 6.45) is 0.599. The van der Waals surface area contributed by atoms with Gasteiger partial charge < -0.3 is 15.2 Å². The fourth-order valence-electron chi connectivity index (χ4n) is 3.44. The van der Waals surface area contributed by atoms with Crippen molar-refractivity contribution in [1.29, 1.82) is 0 Å². The van der Waals surface area contributed by atoms with E-state index in [1.54, 1.807) is 4.90 Å². The van der Waals surface area contributed by atoms with Gasteiger partial charge in [0.2, 0.25) is 5.91 Å². The lowest BCUT2D eigenvalue weighted by atomic mass is 9.96. The van der Waals surface area contributed by atoms with Crippen LogP contribution in [0.1, 0.15) is 23.7 Å². The number of nitrogens with zero attached hydrogens (tertiary/aromatic N) is 1. The minimum absolute atomic E-state index is 0.0786. The summed E-state index contributed by atoms with van der Waals surface area (Å²) in [5.74, 6) is -0.0786. The Kier molecular flexibility index (Phi) is 2.75. The monoisotopic (exact) mass is 312 g/mol. The van der Waals surface area contributed by atoms with Gasteiger partial charge in [-0.25, -0.2) is 4.79 Å². The van der Waals surface area contributed by atoms with Crippen LogP contribution in [0.25, 0.3) is 0 Å². The van der Waals surface area contributed by atoms with Gasteiger partial charge >= 0.3 is 5.69 Å². The normalized spacial score (nSPS) is 21.7. The number of H-pyrrole nitrogens is 2. The van der Waals surface area contributed by atoms with Gasteiger partial charge in [-0.1, -0.05) is 18.2 Å². The molecule has 0 radical (unpaired) electrons. The number of nitrogens with one attached hydrogen (secondary N) is 3. The number of benzene rings is 1. The Labute approximate surface area is 131 Å². The standard InChI is InChI=1S/C16H16N4O3/c1-16(6-9-4-2-3-5-11(9)19-16)14(22)20-7-10-12(8-20)17-15(23)18-13(10)21/h2-5,19H,6-8H2,1H3,(H2,17,18,21,23). The zero-order chi connectivity index (χ0) is 16.2. The first-order valence-electron chi connectivity index (χ1n) is 7.46. The third kappa shape index (κ3) is 2.08. The molecule has 1 unspecified atom stereocenters. The fraction of sp³-hybridized carbons (Fsp3) is 0.312. The largest absolute Gasteiger partial charge is 0.371 e. The van der Waals surface area contributed by atoms with Crippen LogP contribution in [-0.2, 0) is 24.3 Å². The molecular weight excluding hydrogens is 296 g/mol. The predicted molar refractivity (Wildman–Crippen MR) is 84.1 cm³/mol. The van der Waals surface area contributed by atoms with Crippen molar-refractivity contribution in [2.24, 2.45) is 0 Å². The predicted octanol–water partition coefficient (Wildman–Crippen LogP) is 0.332. The van der Waals surface area contributed by atoms with Crippen LogP contribution >= 0.6 is 0 Å². The van der Waals surface area contributed by atoms with Gasteiger partial charge in [-0.15, -0.1) is 0 Å². The second-order valence-corrected chi connectivity index (χ2v) is 6.32. The lowest BCUT2D eigenvalue weighted by molar-refractivity contribution is -0.136. The maximum absolute atomic E-state index is 13.0. The summed E-state index contributed by atoms with van der Waals surface area (Å²) in [6, 6.07) is 7.83. The Morgan fingerprint density at radius 1 is 1.17 bits per heavy atom. The molecule has 0 aliphatic carbocycles. The molecule has 2 aliphatic rings. The highest BCUT2D eigenvalue weighted by Crippen LogP contribution is 2.34. The van der Waals surface area contributed by atoms with Crippen molar-refractivity contribution in [3.63, 3.8) is 0 Å². The average molecular weight is 312 g/mol. The van der Waals surface area contributed by atoms with Crippen molar-refractivity contribution < 1.29 is 4.79 Å². The minimum atomic E-state index is -0.737. The number of aromatic nitrogens is 2. The fourth-order valence-corrected chi connectivity index (χ4v) is 3.44. The summed E-state index contributed by atoms with van der Waals surface area (Å²) in [7, 11) is 0. The molecule has 118 valence electrons. The second-order valence-electron chi connectivity index (χ2n) is 6.32. The van der Waals surface area contributed by atoms with E-state index in [1.807, 2.05) is 31.2 Å². The van der Waals surface area contributed by atoms with E-state index in [-0.39, 0.29) is 19.0 Å². The SMILES string of the molecule is CC1(C(=O)N2Cc3[nH]c(=O)[nH]c(=O)c3C2)Cc2ccccc2N1. The lowest BCUT2D eigenvalue weighted by Crippen LogP contribution is -2.49. The Bertz CT molecular complexity index is 902. The minimum Gasteiger partial charge on any atom is -0.371 e. The number of hydrogen-bond acceptors (Lipinski definition) is 4. The zero-order valence-corrected chi connectivity index (χ0v) is 12.6. The van der Waals surface area contributed by atoms with E-state index in [0.717, 1.165) is 11.3 Å². The van der Waals surface area contributed by atoms with Crippen molar-refractivity contribution in [1.82, 2.24) is 14.9 Å². The Balaban J connectivity index is 1.61. The topological polar surface area (TPSA) is 98.1 Å². The first-order chi connectivity index (χ1) is 11.0. The van der Waals surface area contributed by atoms with Crippen LogP contribution in [0.3, 0.4) is 0 Å². The van der Waals surface area contributed by atoms with E-state index in [1.165, 1.54) is 0 Å². The molecule has 0 bridgehead atoms. The molecule has 7 nitrogen and oxygen atoms in total. The molecule has 4 rings (SSSR count). The van der Waals surface area contributed by atoms with Crippen molar-refractivity contribution in [2.75, 3.05) is 5.32 Å². The van der Waals surface area contributed by atoms with Crippen molar-refractivity contribution in [2.45, 2.75) is 32.0 Å². The molecular formula is C16H16N4O3. The number of rotatable bonds is 1. The maximum atomic E-state index is 13.0. The number of hydrogen-bond donors (Lipinski definition) is 3. The summed E-state index contributed by atoms with van der Waals surface area (Å²) < 4.78 is 0. The van der Waals surface area contributed by atoms with E-state index in [4.69, 9.17) is 0 Å². The molecule has 7 heteroatoms. The number of amides is 1. The van der Waals surface area contributed by atoms with Gasteiger partial charge in [0.05, 0.1) is 18.7 Å². The molecule has 0 saturated heterocycles. The first-order valence-corrected chi connectivity index (χ1v) is 7.46. The number of para-hydroxylation sites is 1. The lowest BCUT2D eigenvalue weighted by Gasteiger charge is -2.29. The Hall–Kier alpha value is -2.83. The van der Waals surface area contributed by atoms with Gasteiger partial charge in [-0.3, -0.25) is 14.6 Å². The summed E-state index contributed by atoms with van der Waals surface area (Å²) in [6.45, 7) is 2.33. The van der Waals surface area contributed by atoms with Crippen LogP contribution in [0.4, 0.5) is 5.69 Å². The van der Waals surface area contributed by atoms with Crippen LogP contribution in [0.2, 0.25) is 0 Å². The molecule has 2 aromatic rings. The molecule has 0 saturated carbocycles. The number of carbonyl (C=O) groups is 1. The van der Waals surface area contributed by atoms with E-state index in [9.17, 15) is 14.4 Å². The molecule has 3 N–H and O–H groups in total. The number of fused-ring (bicyclic) bond motifs is 2. The van der Waals surface area contributed by atoms with Gasteiger partial charge in [0.15, 0.2) is 0 Å². The van der Waals surface area contributed by atoms with Gasteiger partial charge in [-0.2, -0.15) is 0 Å². The van der Waals surface area contributed by atoms with E-state index >= 15 is 0 Å². The third-order valence-electron chi connectivity index (χ3n) is 4.56. The van der Waals surface area contributed by atoms with Crippen molar-refractivity contribution in [3.8, 4) is 0 Å². The van der Waals surface area contributed by atoms with Crippen LogP contribution in [0, 0.1) is 0 Å². The molecule has 3 heterocycles. The molecule has 0 spiro atoms. The van der Waals surface area contributed by atoms with E-state index < -0.39 is 16.8 Å². The maximum Gasteiger partial charge on any atom is 0.325 e. The Morgan fingerprint density at radius 2 is 1.96 bits per heavy atom.